The van der Waals surface area contributed by atoms with Crippen LogP contribution in [0.4, 0.5) is 0 Å². The van der Waals surface area contributed by atoms with E-state index in [0.717, 1.165) is 77.9 Å². The van der Waals surface area contributed by atoms with E-state index in [1.807, 2.05) is 36.4 Å². The smallest absolute Gasteiger partial charge is 0.166 e. The number of hydrogen-bond acceptors (Lipinski definition) is 3. The van der Waals surface area contributed by atoms with Gasteiger partial charge in [-0.25, -0.2) is 15.0 Å². The van der Waals surface area contributed by atoms with Crippen molar-refractivity contribution in [2.75, 3.05) is 0 Å². The van der Waals surface area contributed by atoms with Gasteiger partial charge in [0, 0.05) is 60.4 Å². The van der Waals surface area contributed by atoms with E-state index >= 15 is 0 Å². The van der Waals surface area contributed by atoms with Crippen LogP contribution in [0, 0.1) is 0 Å². The maximum atomic E-state index is 5.30. The molecule has 0 atom stereocenters. The lowest BCUT2D eigenvalue weighted by atomic mass is 9.95. The highest BCUT2D eigenvalue weighted by atomic mass is 15.1. The lowest BCUT2D eigenvalue weighted by molar-refractivity contribution is 1.06. The van der Waals surface area contributed by atoms with Gasteiger partial charge in [0.1, 0.15) is 0 Å². The van der Waals surface area contributed by atoms with E-state index in [-0.39, 0.29) is 0 Å². The highest BCUT2D eigenvalue weighted by Crippen LogP contribution is 2.46. The van der Waals surface area contributed by atoms with Crippen molar-refractivity contribution < 1.29 is 0 Å². The summed E-state index contributed by atoms with van der Waals surface area (Å²) in [5.74, 6) is 1.83. The number of benzene rings is 11. The molecule has 4 heterocycles. The predicted octanol–water partition coefficient (Wildman–Crippen LogP) is 17.5. The molecule has 0 saturated carbocycles. The first-order valence-electron chi connectivity index (χ1n) is 25.4. The van der Waals surface area contributed by atoms with E-state index in [4.69, 9.17) is 15.0 Å². The monoisotopic (exact) mass is 956 g/mol. The second kappa shape index (κ2) is 17.3. The Kier molecular flexibility index (Phi) is 9.78. The molecule has 0 saturated heterocycles. The van der Waals surface area contributed by atoms with Crippen LogP contribution in [0.15, 0.2) is 267 Å². The van der Waals surface area contributed by atoms with Gasteiger partial charge in [0.15, 0.2) is 17.5 Å². The molecule has 15 rings (SSSR count). The normalized spacial score (nSPS) is 11.7. The van der Waals surface area contributed by atoms with Gasteiger partial charge in [-0.05, 0) is 89.0 Å². The lowest BCUT2D eigenvalue weighted by Gasteiger charge is -2.16. The molecule has 0 unspecified atom stereocenters. The quantitative estimate of drug-likeness (QED) is 0.152. The van der Waals surface area contributed by atoms with Crippen LogP contribution >= 0.6 is 0 Å². The Labute approximate surface area is 432 Å². The van der Waals surface area contributed by atoms with Crippen LogP contribution in [0.1, 0.15) is 0 Å². The van der Waals surface area contributed by atoms with E-state index in [1.54, 1.807) is 0 Å². The molecule has 11 aromatic carbocycles. The highest BCUT2D eigenvalue weighted by molar-refractivity contribution is 6.22. The van der Waals surface area contributed by atoms with Crippen LogP contribution in [-0.2, 0) is 0 Å². The minimum atomic E-state index is 0.596. The van der Waals surface area contributed by atoms with Gasteiger partial charge >= 0.3 is 0 Å². The van der Waals surface area contributed by atoms with Crippen molar-refractivity contribution in [2.45, 2.75) is 0 Å². The van der Waals surface area contributed by atoms with Crippen molar-refractivity contribution in [3.05, 3.63) is 267 Å². The summed E-state index contributed by atoms with van der Waals surface area (Å²) in [7, 11) is 0. The third-order valence-electron chi connectivity index (χ3n) is 14.9. The maximum Gasteiger partial charge on any atom is 0.166 e. The Morgan fingerprint density at radius 1 is 0.227 bits per heavy atom. The summed E-state index contributed by atoms with van der Waals surface area (Å²) in [5, 5.41) is 7.20. The average Bonchev–Trinajstić information content (AvgIpc) is 4.16. The number of para-hydroxylation sites is 4. The number of nitrogens with zero attached hydrogens (tertiary/aromatic N) is 6. The van der Waals surface area contributed by atoms with Gasteiger partial charge in [0.25, 0.3) is 0 Å². The van der Waals surface area contributed by atoms with E-state index < -0.39 is 0 Å². The van der Waals surface area contributed by atoms with E-state index in [9.17, 15) is 0 Å². The zero-order chi connectivity index (χ0) is 49.4. The maximum absolute atomic E-state index is 5.30. The van der Waals surface area contributed by atoms with Gasteiger partial charge < -0.3 is 13.7 Å². The van der Waals surface area contributed by atoms with Crippen molar-refractivity contribution in [1.82, 2.24) is 28.7 Å². The molecule has 15 aromatic rings. The Hall–Kier alpha value is -10.2. The fourth-order valence-electron chi connectivity index (χ4n) is 11.6. The van der Waals surface area contributed by atoms with Crippen LogP contribution in [0.25, 0.3) is 139 Å². The summed E-state index contributed by atoms with van der Waals surface area (Å²) in [6.45, 7) is 0. The van der Waals surface area contributed by atoms with Crippen LogP contribution in [-0.4, -0.2) is 28.7 Å². The largest absolute Gasteiger partial charge is 0.309 e. The summed E-state index contributed by atoms with van der Waals surface area (Å²) in [5.41, 5.74) is 17.3. The molecule has 0 radical (unpaired) electrons. The van der Waals surface area contributed by atoms with Crippen LogP contribution in [0.2, 0.25) is 0 Å². The number of aromatic nitrogens is 6. The van der Waals surface area contributed by atoms with Gasteiger partial charge in [-0.3, -0.25) is 0 Å². The molecule has 6 heteroatoms. The van der Waals surface area contributed by atoms with Crippen molar-refractivity contribution in [1.29, 1.82) is 0 Å². The molecule has 0 N–H and O–H groups in total. The summed E-state index contributed by atoms with van der Waals surface area (Å²) in [4.78, 5) is 15.7. The molecule has 350 valence electrons. The molecule has 6 nitrogen and oxygen atoms in total. The van der Waals surface area contributed by atoms with E-state index in [2.05, 4.69) is 244 Å². The molecule has 75 heavy (non-hydrogen) atoms. The van der Waals surface area contributed by atoms with Gasteiger partial charge in [0.2, 0.25) is 0 Å². The second-order valence-corrected chi connectivity index (χ2v) is 19.1. The molecule has 0 amide bonds. The minimum Gasteiger partial charge on any atom is -0.309 e. The second-order valence-electron chi connectivity index (χ2n) is 19.1. The Bertz CT molecular complexity index is 4580. The van der Waals surface area contributed by atoms with E-state index in [1.165, 1.54) is 43.5 Å². The van der Waals surface area contributed by atoms with Crippen LogP contribution in [0.3, 0.4) is 0 Å². The predicted molar refractivity (Wildman–Crippen MR) is 310 cm³/mol. The molecule has 0 aliphatic carbocycles. The van der Waals surface area contributed by atoms with Gasteiger partial charge in [-0.1, -0.05) is 200 Å². The zero-order valence-corrected chi connectivity index (χ0v) is 40.6. The van der Waals surface area contributed by atoms with Crippen LogP contribution in [0.5, 0.6) is 0 Å². The topological polar surface area (TPSA) is 53.5 Å². The van der Waals surface area contributed by atoms with Crippen molar-refractivity contribution >= 4 is 65.4 Å². The lowest BCUT2D eigenvalue weighted by Crippen LogP contribution is -2.04. The molecule has 0 aliphatic heterocycles. The zero-order valence-electron chi connectivity index (χ0n) is 40.6. The van der Waals surface area contributed by atoms with E-state index in [0.29, 0.717) is 17.5 Å². The Balaban J connectivity index is 0.997. The minimum absolute atomic E-state index is 0.596. The molecule has 0 fully saturated rings. The van der Waals surface area contributed by atoms with Crippen molar-refractivity contribution in [2.24, 2.45) is 0 Å². The molecular formula is C69H44N6. The molecule has 0 aliphatic rings. The summed E-state index contributed by atoms with van der Waals surface area (Å²) < 4.78 is 7.28. The first kappa shape index (κ1) is 42.5. The summed E-state index contributed by atoms with van der Waals surface area (Å²) in [6.07, 6.45) is 0. The van der Waals surface area contributed by atoms with Gasteiger partial charge in [-0.2, -0.15) is 0 Å². The van der Waals surface area contributed by atoms with Crippen molar-refractivity contribution in [3.63, 3.8) is 0 Å². The van der Waals surface area contributed by atoms with Gasteiger partial charge in [-0.15, -0.1) is 0 Å². The molecule has 0 spiro atoms. The van der Waals surface area contributed by atoms with Gasteiger partial charge in [0.05, 0.1) is 38.8 Å². The highest BCUT2D eigenvalue weighted by Gasteiger charge is 2.24. The standard InChI is InChI=1S/C69H44N6/c1-5-21-45(22-6-1)48-39-41-57(69-71-67(46-23-7-2-8-24-46)70-68(72-69)47-25-9-3-10-26-47)63(43-48)75-60-36-18-15-31-55(60)65-53(33-20-38-62(65)75)54-32-19-37-61-66(54)56-42-40-50(44-64(56)73(61)49-27-11-4-12-28-49)74-58-34-16-13-29-51(58)52-30-14-17-35-59(52)74/h1-44H. The summed E-state index contributed by atoms with van der Waals surface area (Å²) in [6, 6.07) is 95.4. The Morgan fingerprint density at radius 3 is 1.25 bits per heavy atom. The van der Waals surface area contributed by atoms with Crippen molar-refractivity contribution in [3.8, 4) is 73.5 Å². The molecule has 4 aromatic heterocycles. The molecule has 0 bridgehead atoms. The fourth-order valence-corrected chi connectivity index (χ4v) is 11.6. The SMILES string of the molecule is c1ccc(-c2ccc(-c3nc(-c4ccccc4)nc(-c4ccccc4)n3)c(-n3c4ccccc4c4c(-c5cccc6c5c5ccc(-n7c8ccccc8c8ccccc87)cc5n6-c5ccccc5)cccc43)c2)cc1. The number of rotatable bonds is 8. The first-order chi connectivity index (χ1) is 37.2. The molecular weight excluding hydrogens is 913 g/mol. The first-order valence-corrected chi connectivity index (χ1v) is 25.4. The Morgan fingerprint density at radius 2 is 0.667 bits per heavy atom. The third-order valence-corrected chi connectivity index (χ3v) is 14.9. The fraction of sp³-hybridized carbons (Fsp3) is 0. The summed E-state index contributed by atoms with van der Waals surface area (Å²) >= 11 is 0. The number of hydrogen-bond donors (Lipinski definition) is 0. The third kappa shape index (κ3) is 6.84. The number of fused-ring (bicyclic) bond motifs is 9. The van der Waals surface area contributed by atoms with Crippen LogP contribution < -0.4 is 0 Å². The average molecular weight is 957 g/mol.